The Hall–Kier alpha value is 0.137. The highest BCUT2D eigenvalue weighted by molar-refractivity contribution is 6.73. The summed E-state index contributed by atoms with van der Waals surface area (Å²) in [7, 11) is -1.45. The van der Waals surface area contributed by atoms with E-state index in [9.17, 15) is 0 Å². The summed E-state index contributed by atoms with van der Waals surface area (Å²) in [5.74, 6) is 0. The average Bonchev–Trinajstić information content (AvgIpc) is 2.35. The molecule has 0 aromatic carbocycles. The molecule has 1 heterocycles. The molecule has 0 spiro atoms. The van der Waals surface area contributed by atoms with Gasteiger partial charge in [-0.15, -0.1) is 0 Å². The molecule has 10 heavy (non-hydrogen) atoms. The van der Waals surface area contributed by atoms with Crippen molar-refractivity contribution in [2.24, 2.45) is 0 Å². The Morgan fingerprint density at radius 3 is 2.30 bits per heavy atom. The minimum atomic E-state index is -1.45. The highest BCUT2D eigenvalue weighted by Gasteiger charge is 2.43. The first-order chi connectivity index (χ1) is 4.52. The predicted molar refractivity (Wildman–Crippen MR) is 43.4 cm³/mol. The van der Waals surface area contributed by atoms with Gasteiger partial charge in [-0.3, -0.25) is 0 Å². The highest BCUT2D eigenvalue weighted by atomic mass is 28.4. The Balaban J connectivity index is 2.34. The summed E-state index contributed by atoms with van der Waals surface area (Å²) >= 11 is 0. The van der Waals surface area contributed by atoms with Crippen molar-refractivity contribution in [3.05, 3.63) is 0 Å². The van der Waals surface area contributed by atoms with Gasteiger partial charge in [-0.1, -0.05) is 0 Å². The molecular weight excluding hydrogens is 144 g/mol. The van der Waals surface area contributed by atoms with Gasteiger partial charge in [0.15, 0.2) is 0 Å². The van der Waals surface area contributed by atoms with Crippen LogP contribution in [-0.2, 0) is 9.16 Å². The molecule has 2 nitrogen and oxygen atoms in total. The lowest BCUT2D eigenvalue weighted by Crippen LogP contribution is -2.40. The van der Waals surface area contributed by atoms with E-state index in [1.807, 2.05) is 0 Å². The molecule has 3 heteroatoms. The summed E-state index contributed by atoms with van der Waals surface area (Å²) in [4.78, 5) is 0. The molecule has 1 fully saturated rings. The fourth-order valence-corrected chi connectivity index (χ4v) is 3.40. The van der Waals surface area contributed by atoms with E-state index in [0.29, 0.717) is 11.8 Å². The van der Waals surface area contributed by atoms with Crippen LogP contribution in [0.3, 0.4) is 0 Å². The lowest BCUT2D eigenvalue weighted by Gasteiger charge is -2.23. The van der Waals surface area contributed by atoms with Crippen molar-refractivity contribution in [2.75, 3.05) is 6.61 Å². The molecule has 0 bridgehead atoms. The van der Waals surface area contributed by atoms with Gasteiger partial charge in [0.2, 0.25) is 8.32 Å². The van der Waals surface area contributed by atoms with Crippen LogP contribution >= 0.6 is 0 Å². The molecule has 1 aliphatic heterocycles. The van der Waals surface area contributed by atoms with Crippen molar-refractivity contribution >= 4 is 8.32 Å². The minimum absolute atomic E-state index is 0.353. The van der Waals surface area contributed by atoms with Crippen molar-refractivity contribution in [1.82, 2.24) is 0 Å². The number of ether oxygens (including phenoxy) is 1. The van der Waals surface area contributed by atoms with Crippen LogP contribution in [0.4, 0.5) is 0 Å². The standard InChI is InChI=1S/C7H16O2Si/c1-6(2)9-10(3,4)7-5-8-7/h6-7H,5H2,1-4H3. The molecule has 0 aromatic rings. The summed E-state index contributed by atoms with van der Waals surface area (Å²) in [5, 5.41) is 0. The first-order valence-corrected chi connectivity index (χ1v) is 6.80. The van der Waals surface area contributed by atoms with Gasteiger partial charge >= 0.3 is 0 Å². The molecule has 0 radical (unpaired) electrons. The van der Waals surface area contributed by atoms with E-state index in [0.717, 1.165) is 6.61 Å². The van der Waals surface area contributed by atoms with E-state index in [4.69, 9.17) is 9.16 Å². The van der Waals surface area contributed by atoms with E-state index in [1.165, 1.54) is 0 Å². The molecule has 0 aliphatic carbocycles. The fourth-order valence-electron chi connectivity index (χ4n) is 1.13. The third-order valence-corrected chi connectivity index (χ3v) is 4.61. The monoisotopic (exact) mass is 160 g/mol. The average molecular weight is 160 g/mol. The number of epoxide rings is 1. The molecule has 1 rings (SSSR count). The highest BCUT2D eigenvalue weighted by Crippen LogP contribution is 2.24. The second kappa shape index (κ2) is 2.64. The SMILES string of the molecule is CC(C)O[Si](C)(C)C1CO1. The van der Waals surface area contributed by atoms with Crippen LogP contribution in [0.2, 0.25) is 13.1 Å². The van der Waals surface area contributed by atoms with Crippen LogP contribution in [0, 0.1) is 0 Å². The zero-order valence-corrected chi connectivity index (χ0v) is 8.18. The molecule has 0 aromatic heterocycles. The van der Waals surface area contributed by atoms with Gasteiger partial charge in [0.1, 0.15) is 0 Å². The Morgan fingerprint density at radius 1 is 1.50 bits per heavy atom. The van der Waals surface area contributed by atoms with Crippen LogP contribution in [0.5, 0.6) is 0 Å². The molecule has 1 unspecified atom stereocenters. The van der Waals surface area contributed by atoms with E-state index in [-0.39, 0.29) is 0 Å². The van der Waals surface area contributed by atoms with E-state index in [2.05, 4.69) is 26.9 Å². The Kier molecular flexibility index (Phi) is 2.17. The fraction of sp³-hybridized carbons (Fsp3) is 1.00. The predicted octanol–water partition coefficient (Wildman–Crippen LogP) is 1.55. The maximum Gasteiger partial charge on any atom is 0.218 e. The quantitative estimate of drug-likeness (QED) is 0.461. The van der Waals surface area contributed by atoms with Crippen LogP contribution in [0.1, 0.15) is 13.8 Å². The van der Waals surface area contributed by atoms with Crippen molar-refractivity contribution in [3.8, 4) is 0 Å². The van der Waals surface area contributed by atoms with E-state index < -0.39 is 8.32 Å². The first-order valence-electron chi connectivity index (χ1n) is 3.82. The van der Waals surface area contributed by atoms with Crippen molar-refractivity contribution in [2.45, 2.75) is 38.8 Å². The van der Waals surface area contributed by atoms with Crippen LogP contribution in [-0.4, -0.2) is 26.8 Å². The van der Waals surface area contributed by atoms with Crippen LogP contribution in [0.15, 0.2) is 0 Å². The van der Waals surface area contributed by atoms with Crippen LogP contribution < -0.4 is 0 Å². The summed E-state index contributed by atoms with van der Waals surface area (Å²) in [5.41, 5.74) is 0.467. The molecule has 1 atom stereocenters. The second-order valence-electron chi connectivity index (χ2n) is 3.59. The summed E-state index contributed by atoms with van der Waals surface area (Å²) in [6, 6.07) is 0. The smallest absolute Gasteiger partial charge is 0.218 e. The van der Waals surface area contributed by atoms with Crippen LogP contribution in [0.25, 0.3) is 0 Å². The molecule has 1 aliphatic rings. The summed E-state index contributed by atoms with van der Waals surface area (Å²) < 4.78 is 11.0. The normalized spacial score (nSPS) is 25.5. The van der Waals surface area contributed by atoms with Gasteiger partial charge in [0, 0.05) is 6.10 Å². The number of hydrogen-bond acceptors (Lipinski definition) is 2. The molecule has 1 saturated heterocycles. The van der Waals surface area contributed by atoms with Gasteiger partial charge in [-0.25, -0.2) is 0 Å². The maximum atomic E-state index is 5.78. The zero-order valence-electron chi connectivity index (χ0n) is 7.18. The molecule has 0 amide bonds. The van der Waals surface area contributed by atoms with E-state index >= 15 is 0 Å². The summed E-state index contributed by atoms with van der Waals surface area (Å²) in [6.07, 6.45) is 0.353. The number of hydrogen-bond donors (Lipinski definition) is 0. The van der Waals surface area contributed by atoms with Crippen molar-refractivity contribution in [3.63, 3.8) is 0 Å². The maximum absolute atomic E-state index is 5.78. The van der Waals surface area contributed by atoms with Crippen molar-refractivity contribution < 1.29 is 9.16 Å². The van der Waals surface area contributed by atoms with Gasteiger partial charge < -0.3 is 9.16 Å². The number of rotatable bonds is 3. The molecule has 0 saturated carbocycles. The van der Waals surface area contributed by atoms with Gasteiger partial charge in [-0.05, 0) is 26.9 Å². The van der Waals surface area contributed by atoms with Gasteiger partial charge in [0.25, 0.3) is 0 Å². The molecular formula is C7H16O2Si. The Bertz CT molecular complexity index is 119. The Labute approximate surface area is 63.7 Å². The molecule has 0 N–H and O–H groups in total. The van der Waals surface area contributed by atoms with Gasteiger partial charge in [-0.2, -0.15) is 0 Å². The Morgan fingerprint density at radius 2 is 2.00 bits per heavy atom. The third kappa shape index (κ3) is 2.07. The topological polar surface area (TPSA) is 21.8 Å². The molecule has 60 valence electrons. The minimum Gasteiger partial charge on any atom is -0.412 e. The second-order valence-corrected chi connectivity index (χ2v) is 7.68. The lowest BCUT2D eigenvalue weighted by atomic mass is 10.5. The van der Waals surface area contributed by atoms with E-state index in [1.54, 1.807) is 0 Å². The largest absolute Gasteiger partial charge is 0.412 e. The van der Waals surface area contributed by atoms with Crippen molar-refractivity contribution in [1.29, 1.82) is 0 Å². The summed E-state index contributed by atoms with van der Waals surface area (Å²) in [6.45, 7) is 9.51. The first kappa shape index (κ1) is 8.24. The third-order valence-electron chi connectivity index (χ3n) is 1.65. The van der Waals surface area contributed by atoms with Gasteiger partial charge in [0.05, 0.1) is 12.3 Å². The lowest BCUT2D eigenvalue weighted by molar-refractivity contribution is 0.222. The zero-order chi connectivity index (χ0) is 7.78.